The van der Waals surface area contributed by atoms with Gasteiger partial charge in [-0.05, 0) is 48.4 Å². The standard InChI is InChI=1S/C16H15ClN2/c1-11-3-2-4-16-14(11)7-8-19(16)10-12-9-13(18)5-6-15(12)17/h2-9H,10,18H2,1H3. The maximum atomic E-state index is 6.23. The molecule has 0 fully saturated rings. The molecular formula is C16H15ClN2. The van der Waals surface area contributed by atoms with Crippen molar-refractivity contribution in [2.24, 2.45) is 0 Å². The lowest BCUT2D eigenvalue weighted by Crippen LogP contribution is -1.99. The first kappa shape index (κ1) is 12.1. The van der Waals surface area contributed by atoms with Crippen molar-refractivity contribution in [3.63, 3.8) is 0 Å². The number of nitrogens with two attached hydrogens (primary N) is 1. The number of hydrogen-bond donors (Lipinski definition) is 1. The van der Waals surface area contributed by atoms with Gasteiger partial charge in [-0.25, -0.2) is 0 Å². The van der Waals surface area contributed by atoms with E-state index in [1.54, 1.807) is 0 Å². The van der Waals surface area contributed by atoms with Crippen LogP contribution in [0.2, 0.25) is 5.02 Å². The highest BCUT2D eigenvalue weighted by molar-refractivity contribution is 6.31. The Morgan fingerprint density at radius 2 is 2.00 bits per heavy atom. The van der Waals surface area contributed by atoms with Gasteiger partial charge in [0, 0.05) is 34.4 Å². The van der Waals surface area contributed by atoms with E-state index < -0.39 is 0 Å². The molecule has 0 radical (unpaired) electrons. The first-order valence-corrected chi connectivity index (χ1v) is 6.61. The third kappa shape index (κ3) is 2.20. The molecule has 2 nitrogen and oxygen atoms in total. The molecule has 1 heterocycles. The third-order valence-corrected chi connectivity index (χ3v) is 3.81. The van der Waals surface area contributed by atoms with E-state index in [0.29, 0.717) is 0 Å². The first-order chi connectivity index (χ1) is 9.15. The van der Waals surface area contributed by atoms with Gasteiger partial charge in [0.15, 0.2) is 0 Å². The SMILES string of the molecule is Cc1cccc2c1ccn2Cc1cc(N)ccc1Cl. The van der Waals surface area contributed by atoms with E-state index in [0.717, 1.165) is 22.8 Å². The second-order valence-electron chi connectivity index (χ2n) is 4.80. The van der Waals surface area contributed by atoms with Crippen molar-refractivity contribution >= 4 is 28.2 Å². The number of nitrogens with zero attached hydrogens (tertiary/aromatic N) is 1. The highest BCUT2D eigenvalue weighted by Gasteiger charge is 2.06. The van der Waals surface area contributed by atoms with Gasteiger partial charge >= 0.3 is 0 Å². The topological polar surface area (TPSA) is 30.9 Å². The number of aromatic nitrogens is 1. The van der Waals surface area contributed by atoms with Gasteiger partial charge in [0.1, 0.15) is 0 Å². The molecule has 0 unspecified atom stereocenters. The average Bonchev–Trinajstić information content (AvgIpc) is 2.79. The van der Waals surface area contributed by atoms with Crippen molar-refractivity contribution in [3.05, 3.63) is 64.8 Å². The van der Waals surface area contributed by atoms with Gasteiger partial charge in [0.05, 0.1) is 0 Å². The largest absolute Gasteiger partial charge is 0.399 e. The molecule has 0 aliphatic rings. The molecule has 0 atom stereocenters. The number of fused-ring (bicyclic) bond motifs is 1. The van der Waals surface area contributed by atoms with Crippen LogP contribution in [0, 0.1) is 6.92 Å². The Morgan fingerprint density at radius 1 is 1.16 bits per heavy atom. The van der Waals surface area contributed by atoms with Crippen molar-refractivity contribution in [1.82, 2.24) is 4.57 Å². The summed E-state index contributed by atoms with van der Waals surface area (Å²) in [6.07, 6.45) is 2.09. The molecule has 2 N–H and O–H groups in total. The molecule has 0 aliphatic heterocycles. The lowest BCUT2D eigenvalue weighted by Gasteiger charge is -2.09. The average molecular weight is 271 g/mol. The zero-order chi connectivity index (χ0) is 13.4. The van der Waals surface area contributed by atoms with Crippen LogP contribution in [-0.2, 0) is 6.54 Å². The zero-order valence-electron chi connectivity index (χ0n) is 10.7. The molecule has 2 aromatic carbocycles. The highest BCUT2D eigenvalue weighted by atomic mass is 35.5. The smallest absolute Gasteiger partial charge is 0.0491 e. The minimum absolute atomic E-state index is 0.733. The van der Waals surface area contributed by atoms with Gasteiger partial charge < -0.3 is 10.3 Å². The molecule has 19 heavy (non-hydrogen) atoms. The fourth-order valence-electron chi connectivity index (χ4n) is 2.41. The van der Waals surface area contributed by atoms with Crippen LogP contribution in [0.5, 0.6) is 0 Å². The fourth-order valence-corrected chi connectivity index (χ4v) is 2.59. The Hall–Kier alpha value is -1.93. The summed E-state index contributed by atoms with van der Waals surface area (Å²) in [5, 5.41) is 2.03. The molecule has 1 aromatic heterocycles. The van der Waals surface area contributed by atoms with E-state index in [1.807, 2.05) is 18.2 Å². The Bertz CT molecular complexity index is 744. The van der Waals surface area contributed by atoms with E-state index in [9.17, 15) is 0 Å². The molecule has 3 rings (SSSR count). The number of aryl methyl sites for hydroxylation is 1. The van der Waals surface area contributed by atoms with Crippen molar-refractivity contribution in [3.8, 4) is 0 Å². The van der Waals surface area contributed by atoms with Gasteiger partial charge in [0.2, 0.25) is 0 Å². The lowest BCUT2D eigenvalue weighted by atomic mass is 10.1. The van der Waals surface area contributed by atoms with Crippen LogP contribution in [0.4, 0.5) is 5.69 Å². The normalized spacial score (nSPS) is 11.1. The van der Waals surface area contributed by atoms with E-state index in [2.05, 4.69) is 42.0 Å². The monoisotopic (exact) mass is 270 g/mol. The van der Waals surface area contributed by atoms with Crippen molar-refractivity contribution < 1.29 is 0 Å². The van der Waals surface area contributed by atoms with Crippen LogP contribution in [-0.4, -0.2) is 4.57 Å². The van der Waals surface area contributed by atoms with Crippen LogP contribution in [0.25, 0.3) is 10.9 Å². The Morgan fingerprint density at radius 3 is 2.84 bits per heavy atom. The predicted molar refractivity (Wildman–Crippen MR) is 81.6 cm³/mol. The number of nitrogen functional groups attached to an aromatic ring is 1. The van der Waals surface area contributed by atoms with Gasteiger partial charge in [-0.2, -0.15) is 0 Å². The maximum absolute atomic E-state index is 6.23. The van der Waals surface area contributed by atoms with E-state index >= 15 is 0 Å². The summed E-state index contributed by atoms with van der Waals surface area (Å²) in [7, 11) is 0. The van der Waals surface area contributed by atoms with Gasteiger partial charge in [0.25, 0.3) is 0 Å². The first-order valence-electron chi connectivity index (χ1n) is 6.23. The molecule has 0 spiro atoms. The summed E-state index contributed by atoms with van der Waals surface area (Å²) in [5.41, 5.74) is 10.1. The summed E-state index contributed by atoms with van der Waals surface area (Å²) in [5.74, 6) is 0. The molecule has 0 aliphatic carbocycles. The van der Waals surface area contributed by atoms with Gasteiger partial charge in [-0.15, -0.1) is 0 Å². The second-order valence-corrected chi connectivity index (χ2v) is 5.21. The molecule has 3 heteroatoms. The molecule has 3 aromatic rings. The number of anilines is 1. The lowest BCUT2D eigenvalue weighted by molar-refractivity contribution is 0.837. The summed E-state index contributed by atoms with van der Waals surface area (Å²) >= 11 is 6.23. The summed E-state index contributed by atoms with van der Waals surface area (Å²) in [4.78, 5) is 0. The third-order valence-electron chi connectivity index (χ3n) is 3.44. The van der Waals surface area contributed by atoms with Crippen molar-refractivity contribution in [2.45, 2.75) is 13.5 Å². The fraction of sp³-hybridized carbons (Fsp3) is 0.125. The van der Waals surface area contributed by atoms with Crippen LogP contribution in [0.15, 0.2) is 48.7 Å². The minimum atomic E-state index is 0.733. The summed E-state index contributed by atoms with van der Waals surface area (Å²) in [6.45, 7) is 2.86. The van der Waals surface area contributed by atoms with Crippen LogP contribution >= 0.6 is 11.6 Å². The molecular weight excluding hydrogens is 256 g/mol. The molecule has 0 bridgehead atoms. The quantitative estimate of drug-likeness (QED) is 0.694. The summed E-state index contributed by atoms with van der Waals surface area (Å²) in [6, 6.07) is 14.1. The molecule has 96 valence electrons. The number of benzene rings is 2. The second kappa shape index (κ2) is 4.63. The Kier molecular flexibility index (Phi) is 2.96. The molecule has 0 amide bonds. The van der Waals surface area contributed by atoms with E-state index in [4.69, 9.17) is 17.3 Å². The predicted octanol–water partition coefficient (Wildman–Crippen LogP) is 4.23. The zero-order valence-corrected chi connectivity index (χ0v) is 11.5. The number of halogens is 1. The minimum Gasteiger partial charge on any atom is -0.399 e. The van der Waals surface area contributed by atoms with Gasteiger partial charge in [-0.1, -0.05) is 23.7 Å². The number of rotatable bonds is 2. The maximum Gasteiger partial charge on any atom is 0.0491 e. The Balaban J connectivity index is 2.06. The Labute approximate surface area is 117 Å². The van der Waals surface area contributed by atoms with Crippen LogP contribution in [0.3, 0.4) is 0 Å². The highest BCUT2D eigenvalue weighted by Crippen LogP contribution is 2.24. The van der Waals surface area contributed by atoms with E-state index in [1.165, 1.54) is 16.5 Å². The van der Waals surface area contributed by atoms with Crippen LogP contribution < -0.4 is 5.73 Å². The van der Waals surface area contributed by atoms with Crippen molar-refractivity contribution in [1.29, 1.82) is 0 Å². The van der Waals surface area contributed by atoms with E-state index in [-0.39, 0.29) is 0 Å². The molecule has 0 saturated heterocycles. The van der Waals surface area contributed by atoms with Crippen molar-refractivity contribution in [2.75, 3.05) is 5.73 Å². The summed E-state index contributed by atoms with van der Waals surface area (Å²) < 4.78 is 2.20. The molecule has 0 saturated carbocycles. The number of hydrogen-bond acceptors (Lipinski definition) is 1. The van der Waals surface area contributed by atoms with Crippen LogP contribution in [0.1, 0.15) is 11.1 Å². The van der Waals surface area contributed by atoms with Gasteiger partial charge in [-0.3, -0.25) is 0 Å².